The molecule has 34 heavy (non-hydrogen) atoms. The van der Waals surface area contributed by atoms with Crippen LogP contribution in [-0.4, -0.2) is 52.3 Å². The number of carbonyl (C=O) groups excluding carboxylic acids is 2. The van der Waals surface area contributed by atoms with Gasteiger partial charge in [-0.15, -0.1) is 11.3 Å². The van der Waals surface area contributed by atoms with Gasteiger partial charge >= 0.3 is 0 Å². The first-order chi connectivity index (χ1) is 16.6. The van der Waals surface area contributed by atoms with Gasteiger partial charge in [0.2, 0.25) is 0 Å². The van der Waals surface area contributed by atoms with Gasteiger partial charge in [-0.3, -0.25) is 14.7 Å². The summed E-state index contributed by atoms with van der Waals surface area (Å²) in [5.74, 6) is -1.23. The molecule has 0 bridgehead atoms. The van der Waals surface area contributed by atoms with Gasteiger partial charge in [-0.2, -0.15) is 0 Å². The molecule has 1 atom stereocenters. The summed E-state index contributed by atoms with van der Waals surface area (Å²) in [5, 5.41) is 14.6. The molecule has 0 N–H and O–H groups in total. The van der Waals surface area contributed by atoms with Gasteiger partial charge in [0.15, 0.2) is 0 Å². The quantitative estimate of drug-likeness (QED) is 0.432. The predicted molar refractivity (Wildman–Crippen MR) is 130 cm³/mol. The van der Waals surface area contributed by atoms with Crippen molar-refractivity contribution >= 4 is 33.3 Å². The first-order valence-electron chi connectivity index (χ1n) is 11.3. The van der Waals surface area contributed by atoms with Crippen LogP contribution in [0.15, 0.2) is 84.5 Å². The molecule has 0 spiro atoms. The molecule has 1 aliphatic heterocycles. The Morgan fingerprint density at radius 1 is 0.971 bits per heavy atom. The van der Waals surface area contributed by atoms with Gasteiger partial charge in [0.1, 0.15) is 0 Å². The Balaban J connectivity index is 1.47. The lowest BCUT2D eigenvalue weighted by Gasteiger charge is -2.46. The number of amides is 1. The highest BCUT2D eigenvalue weighted by molar-refractivity contribution is 7.17. The van der Waals surface area contributed by atoms with E-state index in [9.17, 15) is 14.7 Å². The molecule has 1 amide bonds. The lowest BCUT2D eigenvalue weighted by atomic mass is 9.93. The second kappa shape index (κ2) is 9.75. The summed E-state index contributed by atoms with van der Waals surface area (Å²) in [6.07, 6.45) is 3.22. The Hall–Kier alpha value is -3.55. The number of hydrogen-bond donors (Lipinski definition) is 0. The summed E-state index contributed by atoms with van der Waals surface area (Å²) < 4.78 is 0.962. The van der Waals surface area contributed by atoms with E-state index in [1.165, 1.54) is 0 Å². The van der Waals surface area contributed by atoms with Gasteiger partial charge < -0.3 is 14.8 Å². The number of benzene rings is 2. The SMILES string of the molecule is O=C([O-])CC1CN(C(=O)c2cncc3sccc23)CCN1C(c1ccccc1)c1ccccc1. The molecule has 1 unspecified atom stereocenters. The van der Waals surface area contributed by atoms with E-state index < -0.39 is 5.97 Å². The van der Waals surface area contributed by atoms with Crippen molar-refractivity contribution in [1.29, 1.82) is 0 Å². The lowest BCUT2D eigenvalue weighted by Crippen LogP contribution is -2.57. The maximum atomic E-state index is 13.5. The summed E-state index contributed by atoms with van der Waals surface area (Å²) in [5.41, 5.74) is 2.73. The summed E-state index contributed by atoms with van der Waals surface area (Å²) in [7, 11) is 0. The number of fused-ring (bicyclic) bond motifs is 1. The van der Waals surface area contributed by atoms with Gasteiger partial charge in [-0.25, -0.2) is 0 Å². The number of carbonyl (C=O) groups is 2. The first-order valence-corrected chi connectivity index (χ1v) is 12.2. The average Bonchev–Trinajstić information content (AvgIpc) is 3.35. The molecule has 1 fully saturated rings. The Bertz CT molecular complexity index is 1250. The van der Waals surface area contributed by atoms with E-state index in [4.69, 9.17) is 0 Å². The predicted octanol–water partition coefficient (Wildman–Crippen LogP) is 3.35. The van der Waals surface area contributed by atoms with Crippen molar-refractivity contribution in [2.45, 2.75) is 18.5 Å². The van der Waals surface area contributed by atoms with Crippen LogP contribution in [0.25, 0.3) is 10.1 Å². The molecule has 7 heteroatoms. The van der Waals surface area contributed by atoms with E-state index in [1.807, 2.05) is 47.8 Å². The van der Waals surface area contributed by atoms with Crippen LogP contribution in [0.2, 0.25) is 0 Å². The monoisotopic (exact) mass is 470 g/mol. The Morgan fingerprint density at radius 3 is 2.29 bits per heavy atom. The first kappa shape index (κ1) is 22.3. The summed E-state index contributed by atoms with van der Waals surface area (Å²) in [4.78, 5) is 33.4. The van der Waals surface area contributed by atoms with Crippen LogP contribution < -0.4 is 5.11 Å². The molecule has 3 heterocycles. The fraction of sp³-hybridized carbons (Fsp3) is 0.222. The molecular weight excluding hydrogens is 446 g/mol. The number of thiophene rings is 1. The molecular formula is C27H24N3O3S-. The molecule has 172 valence electrons. The van der Waals surface area contributed by atoms with Gasteiger partial charge in [0.25, 0.3) is 5.91 Å². The van der Waals surface area contributed by atoms with E-state index in [0.29, 0.717) is 25.2 Å². The van der Waals surface area contributed by atoms with Crippen molar-refractivity contribution in [1.82, 2.24) is 14.8 Å². The third-order valence-electron chi connectivity index (χ3n) is 6.39. The van der Waals surface area contributed by atoms with Crippen LogP contribution in [0, 0.1) is 0 Å². The van der Waals surface area contributed by atoms with E-state index in [0.717, 1.165) is 21.2 Å². The summed E-state index contributed by atoms with van der Waals surface area (Å²) in [6.45, 7) is 1.35. The lowest BCUT2D eigenvalue weighted by molar-refractivity contribution is -0.307. The molecule has 6 nitrogen and oxygen atoms in total. The zero-order chi connectivity index (χ0) is 23.5. The van der Waals surface area contributed by atoms with Gasteiger partial charge in [0.05, 0.1) is 16.3 Å². The van der Waals surface area contributed by atoms with Crippen LogP contribution in [0.4, 0.5) is 0 Å². The minimum atomic E-state index is -1.12. The summed E-state index contributed by atoms with van der Waals surface area (Å²) in [6, 6.07) is 21.6. The van der Waals surface area contributed by atoms with Crippen molar-refractivity contribution in [2.75, 3.05) is 19.6 Å². The molecule has 2 aromatic heterocycles. The van der Waals surface area contributed by atoms with Gasteiger partial charge in [-0.05, 0) is 22.6 Å². The molecule has 0 radical (unpaired) electrons. The molecule has 1 saturated heterocycles. The van der Waals surface area contributed by atoms with Crippen molar-refractivity contribution < 1.29 is 14.7 Å². The maximum absolute atomic E-state index is 13.5. The van der Waals surface area contributed by atoms with E-state index in [-0.39, 0.29) is 24.4 Å². The zero-order valence-corrected chi connectivity index (χ0v) is 19.4. The maximum Gasteiger partial charge on any atom is 0.256 e. The van der Waals surface area contributed by atoms with Crippen molar-refractivity contribution in [3.05, 3.63) is 101 Å². The fourth-order valence-electron chi connectivity index (χ4n) is 4.85. The Kier molecular flexibility index (Phi) is 6.38. The van der Waals surface area contributed by atoms with E-state index in [1.54, 1.807) is 28.6 Å². The largest absolute Gasteiger partial charge is 0.550 e. The number of carboxylic acid groups (broad SMARTS) is 1. The normalized spacial score (nSPS) is 16.7. The number of rotatable bonds is 6. The number of aliphatic carboxylic acids is 1. The third-order valence-corrected chi connectivity index (χ3v) is 7.24. The highest BCUT2D eigenvalue weighted by Gasteiger charge is 2.35. The summed E-state index contributed by atoms with van der Waals surface area (Å²) >= 11 is 1.55. The van der Waals surface area contributed by atoms with Gasteiger partial charge in [0, 0.05) is 55.8 Å². The topological polar surface area (TPSA) is 76.6 Å². The number of pyridine rings is 1. The zero-order valence-electron chi connectivity index (χ0n) is 18.5. The Morgan fingerprint density at radius 2 is 1.65 bits per heavy atom. The second-order valence-corrected chi connectivity index (χ2v) is 9.41. The van der Waals surface area contributed by atoms with Crippen LogP contribution in [0.3, 0.4) is 0 Å². The van der Waals surface area contributed by atoms with Crippen LogP contribution >= 0.6 is 11.3 Å². The minimum absolute atomic E-state index is 0.115. The third kappa shape index (κ3) is 4.44. The minimum Gasteiger partial charge on any atom is -0.550 e. The van der Waals surface area contributed by atoms with E-state index in [2.05, 4.69) is 34.1 Å². The van der Waals surface area contributed by atoms with Crippen LogP contribution in [-0.2, 0) is 4.79 Å². The fourth-order valence-corrected chi connectivity index (χ4v) is 5.62. The molecule has 5 rings (SSSR count). The van der Waals surface area contributed by atoms with Crippen LogP contribution in [0.5, 0.6) is 0 Å². The number of carboxylic acids is 1. The number of hydrogen-bond acceptors (Lipinski definition) is 6. The smallest absolute Gasteiger partial charge is 0.256 e. The molecule has 4 aromatic rings. The van der Waals surface area contributed by atoms with Crippen molar-refractivity contribution in [3.8, 4) is 0 Å². The molecule has 0 saturated carbocycles. The molecule has 0 aliphatic carbocycles. The van der Waals surface area contributed by atoms with Crippen molar-refractivity contribution in [2.24, 2.45) is 0 Å². The highest BCUT2D eigenvalue weighted by atomic mass is 32.1. The Labute approximate surface area is 202 Å². The number of aromatic nitrogens is 1. The average molecular weight is 471 g/mol. The van der Waals surface area contributed by atoms with Crippen molar-refractivity contribution in [3.63, 3.8) is 0 Å². The molecule has 1 aliphatic rings. The molecule has 2 aromatic carbocycles. The van der Waals surface area contributed by atoms with Gasteiger partial charge in [-0.1, -0.05) is 60.7 Å². The number of nitrogens with zero attached hydrogens (tertiary/aromatic N) is 3. The standard InChI is InChI=1S/C27H25N3O3S/c31-25(32)15-21-18-29(27(33)23-16-28-17-24-22(23)11-14-34-24)12-13-30(21)26(19-7-3-1-4-8-19)20-9-5-2-6-10-20/h1-11,14,16-17,21,26H,12-13,15,18H2,(H,31,32)/p-1. The van der Waals surface area contributed by atoms with E-state index >= 15 is 0 Å². The van der Waals surface area contributed by atoms with Crippen LogP contribution in [0.1, 0.15) is 33.9 Å². The number of piperazine rings is 1. The highest BCUT2D eigenvalue weighted by Crippen LogP contribution is 2.33. The second-order valence-electron chi connectivity index (χ2n) is 8.46.